The Morgan fingerprint density at radius 2 is 1.33 bits per heavy atom. The standard InChI is InChI=1S/C38H56O5/c1-14-30(39)43-34-29(37(8,9)10)21-26-24(16-17-25(26)32(34)38(11,12)13)22-42-31(40)18-15-23-19-27(35(2,3)4)33(41)28(20-23)36(5,6)7/h19-21,24,41H,14-18,22H2,1-13H3. The number of hydrogen-bond acceptors (Lipinski definition) is 5. The Kier molecular flexibility index (Phi) is 9.91. The second-order valence-corrected chi connectivity index (χ2v) is 16.5. The van der Waals surface area contributed by atoms with Crippen molar-refractivity contribution in [3.63, 3.8) is 0 Å². The van der Waals surface area contributed by atoms with Crippen LogP contribution in [0.15, 0.2) is 18.2 Å². The number of benzene rings is 2. The molecule has 0 spiro atoms. The quantitative estimate of drug-likeness (QED) is 0.256. The van der Waals surface area contributed by atoms with Crippen molar-refractivity contribution >= 4 is 11.9 Å². The number of phenolic OH excluding ortho intramolecular Hbond substituents is 1. The molecule has 0 saturated carbocycles. The fourth-order valence-corrected chi connectivity index (χ4v) is 6.14. The second kappa shape index (κ2) is 12.3. The molecule has 0 fully saturated rings. The van der Waals surface area contributed by atoms with Crippen LogP contribution in [0.1, 0.15) is 154 Å². The van der Waals surface area contributed by atoms with Gasteiger partial charge in [-0.15, -0.1) is 0 Å². The largest absolute Gasteiger partial charge is 0.507 e. The Labute approximate surface area is 260 Å². The summed E-state index contributed by atoms with van der Waals surface area (Å²) in [7, 11) is 0. The minimum atomic E-state index is -0.232. The van der Waals surface area contributed by atoms with Crippen LogP contribution in [0.25, 0.3) is 0 Å². The van der Waals surface area contributed by atoms with Crippen molar-refractivity contribution in [3.05, 3.63) is 57.1 Å². The highest BCUT2D eigenvalue weighted by Gasteiger charge is 2.37. The molecule has 0 bridgehead atoms. The third kappa shape index (κ3) is 8.02. The first-order valence-corrected chi connectivity index (χ1v) is 16.0. The number of carbonyl (C=O) groups excluding carboxylic acids is 2. The predicted molar refractivity (Wildman–Crippen MR) is 176 cm³/mol. The highest BCUT2D eigenvalue weighted by molar-refractivity contribution is 5.74. The van der Waals surface area contributed by atoms with Gasteiger partial charge in [0.15, 0.2) is 0 Å². The summed E-state index contributed by atoms with van der Waals surface area (Å²) < 4.78 is 12.0. The number of aromatic hydroxyl groups is 1. The molecule has 1 N–H and O–H groups in total. The Morgan fingerprint density at radius 3 is 1.79 bits per heavy atom. The highest BCUT2D eigenvalue weighted by atomic mass is 16.5. The van der Waals surface area contributed by atoms with Crippen LogP contribution in [-0.2, 0) is 48.8 Å². The molecule has 43 heavy (non-hydrogen) atoms. The Morgan fingerprint density at radius 1 is 0.791 bits per heavy atom. The number of ether oxygens (including phenoxy) is 2. The number of phenols is 1. The van der Waals surface area contributed by atoms with E-state index in [0.29, 0.717) is 30.9 Å². The van der Waals surface area contributed by atoms with E-state index in [2.05, 4.69) is 89.2 Å². The van der Waals surface area contributed by atoms with Gasteiger partial charge in [-0.05, 0) is 68.7 Å². The molecule has 1 aliphatic rings. The predicted octanol–water partition coefficient (Wildman–Crippen LogP) is 9.10. The first-order chi connectivity index (χ1) is 19.6. The van der Waals surface area contributed by atoms with E-state index in [9.17, 15) is 14.7 Å². The van der Waals surface area contributed by atoms with Gasteiger partial charge in [0.2, 0.25) is 0 Å². The third-order valence-electron chi connectivity index (χ3n) is 8.52. The van der Waals surface area contributed by atoms with Crippen molar-refractivity contribution in [2.75, 3.05) is 6.61 Å². The third-order valence-corrected chi connectivity index (χ3v) is 8.52. The van der Waals surface area contributed by atoms with Crippen LogP contribution in [0.4, 0.5) is 0 Å². The number of aryl methyl sites for hydroxylation is 1. The lowest BCUT2D eigenvalue weighted by atomic mass is 9.75. The molecule has 0 aliphatic heterocycles. The van der Waals surface area contributed by atoms with E-state index in [1.165, 1.54) is 11.1 Å². The Bertz CT molecular complexity index is 1320. The van der Waals surface area contributed by atoms with Crippen LogP contribution in [-0.4, -0.2) is 23.7 Å². The van der Waals surface area contributed by atoms with Gasteiger partial charge in [-0.1, -0.05) is 108 Å². The SMILES string of the molecule is CCC(=O)Oc1c(C(C)(C)C)cc2c(c1C(C)(C)C)CCC2COC(=O)CCc1cc(C(C)(C)C)c(O)c(C(C)(C)C)c1. The minimum Gasteiger partial charge on any atom is -0.507 e. The summed E-state index contributed by atoms with van der Waals surface area (Å²) in [6.07, 6.45) is 2.92. The molecule has 2 aromatic carbocycles. The molecule has 1 unspecified atom stereocenters. The number of rotatable bonds is 7. The molecule has 0 aromatic heterocycles. The van der Waals surface area contributed by atoms with Crippen molar-refractivity contribution in [1.82, 2.24) is 0 Å². The number of esters is 2. The van der Waals surface area contributed by atoms with Crippen molar-refractivity contribution in [1.29, 1.82) is 0 Å². The average Bonchev–Trinajstić information content (AvgIpc) is 3.25. The van der Waals surface area contributed by atoms with Gasteiger partial charge in [0, 0.05) is 29.9 Å². The molecule has 5 nitrogen and oxygen atoms in total. The topological polar surface area (TPSA) is 72.8 Å². The summed E-state index contributed by atoms with van der Waals surface area (Å²) in [5.41, 5.74) is 6.51. The fraction of sp³-hybridized carbons (Fsp3) is 0.632. The molecule has 0 radical (unpaired) electrons. The van der Waals surface area contributed by atoms with E-state index in [-0.39, 0.29) is 45.9 Å². The molecule has 0 heterocycles. The van der Waals surface area contributed by atoms with Gasteiger partial charge in [0.1, 0.15) is 11.5 Å². The Hall–Kier alpha value is -2.82. The highest BCUT2D eigenvalue weighted by Crippen LogP contribution is 2.49. The van der Waals surface area contributed by atoms with Gasteiger partial charge in [-0.2, -0.15) is 0 Å². The molecule has 1 atom stereocenters. The first kappa shape index (κ1) is 34.7. The van der Waals surface area contributed by atoms with Crippen LogP contribution in [0, 0.1) is 0 Å². The van der Waals surface area contributed by atoms with Crippen molar-refractivity contribution < 1.29 is 24.2 Å². The Balaban J connectivity index is 1.85. The lowest BCUT2D eigenvalue weighted by Gasteiger charge is -2.32. The maximum absolute atomic E-state index is 13.0. The molecule has 5 heteroatoms. The lowest BCUT2D eigenvalue weighted by molar-refractivity contribution is -0.144. The molecule has 2 aromatic rings. The van der Waals surface area contributed by atoms with Gasteiger partial charge in [-0.25, -0.2) is 0 Å². The van der Waals surface area contributed by atoms with E-state index in [1.54, 1.807) is 0 Å². The zero-order chi connectivity index (χ0) is 32.7. The summed E-state index contributed by atoms with van der Waals surface area (Å²) in [5.74, 6) is 0.726. The molecule has 3 rings (SSSR count). The normalized spacial score (nSPS) is 15.8. The van der Waals surface area contributed by atoms with Gasteiger partial charge in [0.25, 0.3) is 0 Å². The van der Waals surface area contributed by atoms with Crippen molar-refractivity contribution in [3.8, 4) is 11.5 Å². The van der Waals surface area contributed by atoms with Crippen LogP contribution < -0.4 is 4.74 Å². The average molecular weight is 593 g/mol. The second-order valence-electron chi connectivity index (χ2n) is 16.5. The molecule has 1 aliphatic carbocycles. The smallest absolute Gasteiger partial charge is 0.310 e. The maximum Gasteiger partial charge on any atom is 0.310 e. The number of hydrogen-bond donors (Lipinski definition) is 1. The summed E-state index contributed by atoms with van der Waals surface area (Å²) in [5, 5.41) is 11.0. The van der Waals surface area contributed by atoms with Crippen LogP contribution in [0.3, 0.4) is 0 Å². The monoisotopic (exact) mass is 592 g/mol. The van der Waals surface area contributed by atoms with Gasteiger partial charge in [0.05, 0.1) is 6.61 Å². The summed E-state index contributed by atoms with van der Waals surface area (Å²) >= 11 is 0. The molecule has 0 amide bonds. The summed E-state index contributed by atoms with van der Waals surface area (Å²) in [6, 6.07) is 6.28. The number of fused-ring (bicyclic) bond motifs is 1. The van der Waals surface area contributed by atoms with Gasteiger partial charge < -0.3 is 14.6 Å². The van der Waals surface area contributed by atoms with E-state index in [4.69, 9.17) is 9.47 Å². The van der Waals surface area contributed by atoms with Gasteiger partial charge in [-0.3, -0.25) is 9.59 Å². The zero-order valence-electron chi connectivity index (χ0n) is 29.1. The van der Waals surface area contributed by atoms with Gasteiger partial charge >= 0.3 is 11.9 Å². The number of carbonyl (C=O) groups is 2. The van der Waals surface area contributed by atoms with Crippen LogP contribution in [0.2, 0.25) is 0 Å². The molecule has 0 saturated heterocycles. The van der Waals surface area contributed by atoms with E-state index in [1.807, 2.05) is 19.1 Å². The molecule has 238 valence electrons. The van der Waals surface area contributed by atoms with Crippen molar-refractivity contribution in [2.24, 2.45) is 0 Å². The maximum atomic E-state index is 13.0. The van der Waals surface area contributed by atoms with E-state index >= 15 is 0 Å². The van der Waals surface area contributed by atoms with Crippen LogP contribution in [0.5, 0.6) is 11.5 Å². The lowest BCUT2D eigenvalue weighted by Crippen LogP contribution is -2.24. The minimum absolute atomic E-state index is 0.103. The summed E-state index contributed by atoms with van der Waals surface area (Å²) in [6.45, 7) is 27.7. The van der Waals surface area contributed by atoms with Crippen LogP contribution >= 0.6 is 0 Å². The molecular formula is C38H56O5. The van der Waals surface area contributed by atoms with Crippen molar-refractivity contribution in [2.45, 2.75) is 150 Å². The van der Waals surface area contributed by atoms with E-state index < -0.39 is 0 Å². The summed E-state index contributed by atoms with van der Waals surface area (Å²) in [4.78, 5) is 25.6. The first-order valence-electron chi connectivity index (χ1n) is 16.0. The molecular weight excluding hydrogens is 536 g/mol. The van der Waals surface area contributed by atoms with E-state index in [0.717, 1.165) is 40.7 Å². The zero-order valence-corrected chi connectivity index (χ0v) is 29.1. The fourth-order valence-electron chi connectivity index (χ4n) is 6.14.